The molecular weight excluding hydrogens is 538 g/mol. The van der Waals surface area contributed by atoms with E-state index in [0.29, 0.717) is 24.3 Å². The molecule has 2 fully saturated rings. The van der Waals surface area contributed by atoms with Crippen molar-refractivity contribution in [3.05, 3.63) is 112 Å². The average molecular weight is 564 g/mol. The van der Waals surface area contributed by atoms with Gasteiger partial charge in [-0.25, -0.2) is 22.4 Å². The summed E-state index contributed by atoms with van der Waals surface area (Å²) in [5, 5.41) is 5.66. The second-order valence-corrected chi connectivity index (χ2v) is 9.94. The molecule has 41 heavy (non-hydrogen) atoms. The summed E-state index contributed by atoms with van der Waals surface area (Å²) >= 11 is 0. The summed E-state index contributed by atoms with van der Waals surface area (Å²) in [6.45, 7) is 1.41. The van der Waals surface area contributed by atoms with Gasteiger partial charge in [0.2, 0.25) is 0 Å². The van der Waals surface area contributed by atoms with Crippen LogP contribution >= 0.6 is 0 Å². The number of likely N-dealkylation sites (tertiary alicyclic amines) is 1. The number of hydrogen-bond acceptors (Lipinski definition) is 3. The maximum Gasteiger partial charge on any atom is 0.321 e. The largest absolute Gasteiger partial charge is 0.349 e. The van der Waals surface area contributed by atoms with Gasteiger partial charge in [0.25, 0.3) is 5.91 Å². The maximum atomic E-state index is 13.8. The van der Waals surface area contributed by atoms with E-state index >= 15 is 0 Å². The fourth-order valence-corrected chi connectivity index (χ4v) is 4.65. The van der Waals surface area contributed by atoms with Gasteiger partial charge in [0.05, 0.1) is 0 Å². The highest BCUT2D eigenvalue weighted by molar-refractivity contribution is 6.14. The lowest BCUT2D eigenvalue weighted by Crippen LogP contribution is -2.44. The highest BCUT2D eigenvalue weighted by Crippen LogP contribution is 2.29. The van der Waals surface area contributed by atoms with Gasteiger partial charge in [0.1, 0.15) is 0 Å². The summed E-state index contributed by atoms with van der Waals surface area (Å²) in [6.07, 6.45) is 4.00. The van der Waals surface area contributed by atoms with Crippen molar-refractivity contribution >= 4 is 35.6 Å². The molecule has 1 saturated heterocycles. The van der Waals surface area contributed by atoms with Gasteiger partial charge < -0.3 is 15.5 Å². The van der Waals surface area contributed by atoms with Gasteiger partial charge in [-0.3, -0.25) is 9.59 Å². The zero-order valence-corrected chi connectivity index (χ0v) is 21.7. The van der Waals surface area contributed by atoms with Crippen LogP contribution in [0.4, 0.5) is 28.0 Å². The van der Waals surface area contributed by atoms with Crippen LogP contribution in [0.1, 0.15) is 40.7 Å². The smallest absolute Gasteiger partial charge is 0.321 e. The molecule has 0 atom stereocenters. The van der Waals surface area contributed by atoms with E-state index in [2.05, 4.69) is 10.6 Å². The zero-order valence-electron chi connectivity index (χ0n) is 21.7. The molecule has 2 aliphatic rings. The number of nitrogens with zero attached hydrogens (tertiary/aromatic N) is 1. The normalized spacial score (nSPS) is 18.8. The third-order valence-electron chi connectivity index (χ3n) is 6.96. The predicted octanol–water partition coefficient (Wildman–Crippen LogP) is 6.11. The molecule has 0 bridgehead atoms. The molecule has 0 spiro atoms. The molecule has 1 heterocycles. The van der Waals surface area contributed by atoms with Crippen LogP contribution in [0.25, 0.3) is 12.2 Å². The molecule has 0 unspecified atom stereocenters. The molecule has 2 N–H and O–H groups in total. The number of anilines is 1. The van der Waals surface area contributed by atoms with Gasteiger partial charge in [-0.1, -0.05) is 12.1 Å². The minimum absolute atomic E-state index is 0.0999. The van der Waals surface area contributed by atoms with Crippen LogP contribution in [-0.4, -0.2) is 41.8 Å². The number of hydrogen-bond donors (Lipinski definition) is 2. The first-order valence-electron chi connectivity index (χ1n) is 13.0. The van der Waals surface area contributed by atoms with Crippen LogP contribution < -0.4 is 10.6 Å². The van der Waals surface area contributed by atoms with E-state index < -0.39 is 41.0 Å². The Morgan fingerprint density at radius 3 is 1.76 bits per heavy atom. The monoisotopic (exact) mass is 563 g/mol. The van der Waals surface area contributed by atoms with Crippen molar-refractivity contribution in [2.24, 2.45) is 0 Å². The van der Waals surface area contributed by atoms with Gasteiger partial charge >= 0.3 is 6.03 Å². The van der Waals surface area contributed by atoms with E-state index in [1.807, 2.05) is 0 Å². The second kappa shape index (κ2) is 11.8. The first-order valence-corrected chi connectivity index (χ1v) is 13.0. The minimum atomic E-state index is -1.07. The highest BCUT2D eigenvalue weighted by Gasteiger charge is 2.29. The zero-order chi connectivity index (χ0) is 29.1. The molecule has 3 amide bonds. The number of carbonyl (C=O) groups excluding carboxylic acids is 3. The van der Waals surface area contributed by atoms with Crippen molar-refractivity contribution in [2.45, 2.75) is 25.3 Å². The summed E-state index contributed by atoms with van der Waals surface area (Å²) in [7, 11) is 0. The number of Topliss-reactive ketones (excluding diaryl/α,β-unsaturated/α-hetero) is 1. The topological polar surface area (TPSA) is 78.5 Å². The van der Waals surface area contributed by atoms with Crippen molar-refractivity contribution in [2.75, 3.05) is 18.4 Å². The van der Waals surface area contributed by atoms with Gasteiger partial charge in [-0.15, -0.1) is 0 Å². The van der Waals surface area contributed by atoms with Gasteiger partial charge in [0, 0.05) is 41.5 Å². The van der Waals surface area contributed by atoms with Crippen LogP contribution in [0.3, 0.4) is 0 Å². The summed E-state index contributed by atoms with van der Waals surface area (Å²) < 4.78 is 54.5. The minimum Gasteiger partial charge on any atom is -0.349 e. The fourth-order valence-electron chi connectivity index (χ4n) is 4.65. The average Bonchev–Trinajstić information content (AvgIpc) is 2.90. The quantitative estimate of drug-likeness (QED) is 0.291. The Morgan fingerprint density at radius 1 is 0.756 bits per heavy atom. The van der Waals surface area contributed by atoms with E-state index in [-0.39, 0.29) is 41.1 Å². The Kier molecular flexibility index (Phi) is 8.00. The number of nitrogens with one attached hydrogen (secondary N) is 2. The number of benzene rings is 3. The first kappa shape index (κ1) is 27.8. The van der Waals surface area contributed by atoms with Gasteiger partial charge in [-0.05, 0) is 91.1 Å². The molecule has 1 aliphatic heterocycles. The van der Waals surface area contributed by atoms with Gasteiger partial charge in [0.15, 0.2) is 29.1 Å². The second-order valence-electron chi connectivity index (χ2n) is 9.94. The Morgan fingerprint density at radius 2 is 1.29 bits per heavy atom. The van der Waals surface area contributed by atoms with Crippen molar-refractivity contribution in [3.8, 4) is 0 Å². The van der Waals surface area contributed by atoms with Crippen molar-refractivity contribution < 1.29 is 31.9 Å². The standard InChI is InChI=1S/C31H25F4N3O3/c32-25-8-2-18(14-27(25)34)12-21-16-24(17-22(29(21)39)13-19-3-9-26(33)28(35)15-19)36-30(40)20-4-6-23(7-5-20)37-31(41)38-10-1-11-38/h2-9,12-15,24H,1,10-11,16-17H2,(H,36,40)(H,37,41)/b21-12+,22-13+. The van der Waals surface area contributed by atoms with Crippen LogP contribution in [-0.2, 0) is 4.79 Å². The van der Waals surface area contributed by atoms with Crippen LogP contribution in [0.5, 0.6) is 0 Å². The molecule has 210 valence electrons. The molecule has 3 aromatic carbocycles. The first-order chi connectivity index (χ1) is 19.7. The number of ketones is 1. The lowest BCUT2D eigenvalue weighted by Gasteiger charge is -2.30. The molecular formula is C31H25F4N3O3. The Hall–Kier alpha value is -4.73. The van der Waals surface area contributed by atoms with Crippen molar-refractivity contribution in [1.29, 1.82) is 0 Å². The molecule has 0 radical (unpaired) electrons. The summed E-state index contributed by atoms with van der Waals surface area (Å²) in [5.74, 6) is -5.05. The maximum absolute atomic E-state index is 13.8. The van der Waals surface area contributed by atoms with E-state index in [1.54, 1.807) is 29.2 Å². The summed E-state index contributed by atoms with van der Waals surface area (Å²) in [6, 6.07) is 12.0. The Labute approximate surface area is 233 Å². The van der Waals surface area contributed by atoms with Crippen LogP contribution in [0, 0.1) is 23.3 Å². The highest BCUT2D eigenvalue weighted by atomic mass is 19.2. The molecule has 5 rings (SSSR count). The van der Waals surface area contributed by atoms with Crippen molar-refractivity contribution in [3.63, 3.8) is 0 Å². The molecule has 0 aromatic heterocycles. The SMILES string of the molecule is O=C1/C(=C/c2ccc(F)c(F)c2)CC(NC(=O)c2ccc(NC(=O)N3CCC3)cc2)C/C1=C\c1ccc(F)c(F)c1. The van der Waals surface area contributed by atoms with E-state index in [0.717, 1.165) is 30.7 Å². The summed E-state index contributed by atoms with van der Waals surface area (Å²) in [4.78, 5) is 40.2. The number of amides is 3. The number of rotatable bonds is 5. The van der Waals surface area contributed by atoms with Crippen LogP contribution in [0.15, 0.2) is 71.8 Å². The van der Waals surface area contributed by atoms with Gasteiger partial charge in [-0.2, -0.15) is 0 Å². The third kappa shape index (κ3) is 6.54. The lowest BCUT2D eigenvalue weighted by molar-refractivity contribution is -0.113. The predicted molar refractivity (Wildman–Crippen MR) is 146 cm³/mol. The van der Waals surface area contributed by atoms with Crippen molar-refractivity contribution in [1.82, 2.24) is 10.2 Å². The Bertz CT molecular complexity index is 1510. The molecule has 1 aliphatic carbocycles. The number of carbonyl (C=O) groups is 3. The molecule has 6 nitrogen and oxygen atoms in total. The van der Waals surface area contributed by atoms with E-state index in [9.17, 15) is 31.9 Å². The molecule has 10 heteroatoms. The molecule has 1 saturated carbocycles. The fraction of sp³-hybridized carbons (Fsp3) is 0.194. The van der Waals surface area contributed by atoms with Crippen LogP contribution in [0.2, 0.25) is 0 Å². The number of halogens is 4. The molecule has 3 aromatic rings. The summed E-state index contributed by atoms with van der Waals surface area (Å²) in [5.41, 5.74) is 1.82. The Balaban J connectivity index is 1.37. The third-order valence-corrected chi connectivity index (χ3v) is 6.96. The van der Waals surface area contributed by atoms with E-state index in [4.69, 9.17) is 0 Å². The lowest BCUT2D eigenvalue weighted by atomic mass is 9.83. The van der Waals surface area contributed by atoms with E-state index in [1.165, 1.54) is 24.3 Å². The number of urea groups is 1.